The maximum atomic E-state index is 3.95. The molecule has 0 spiro atoms. The summed E-state index contributed by atoms with van der Waals surface area (Å²) in [5.41, 5.74) is 1.14. The lowest BCUT2D eigenvalue weighted by molar-refractivity contribution is 0.499. The van der Waals surface area contributed by atoms with E-state index in [0.717, 1.165) is 24.6 Å². The molecule has 0 aliphatic carbocycles. The smallest absolute Gasteiger partial charge is 0.115 e. The van der Waals surface area contributed by atoms with E-state index in [1.807, 2.05) is 12.4 Å². The molecule has 0 fully saturated rings. The van der Waals surface area contributed by atoms with Crippen molar-refractivity contribution in [2.45, 2.75) is 26.8 Å². The SMILES string of the molecule is CCC(C)CNCc1cncnc1. The van der Waals surface area contributed by atoms with E-state index in [1.165, 1.54) is 6.42 Å². The van der Waals surface area contributed by atoms with Gasteiger partial charge in [0.25, 0.3) is 0 Å². The van der Waals surface area contributed by atoms with Crippen LogP contribution in [0.4, 0.5) is 0 Å². The van der Waals surface area contributed by atoms with Crippen LogP contribution < -0.4 is 5.32 Å². The van der Waals surface area contributed by atoms with E-state index in [0.29, 0.717) is 0 Å². The summed E-state index contributed by atoms with van der Waals surface area (Å²) < 4.78 is 0. The van der Waals surface area contributed by atoms with E-state index in [2.05, 4.69) is 29.1 Å². The molecule has 1 N–H and O–H groups in total. The van der Waals surface area contributed by atoms with Gasteiger partial charge >= 0.3 is 0 Å². The van der Waals surface area contributed by atoms with Crippen LogP contribution in [0, 0.1) is 5.92 Å². The van der Waals surface area contributed by atoms with Crippen LogP contribution in [0.5, 0.6) is 0 Å². The largest absolute Gasteiger partial charge is 0.312 e. The fourth-order valence-corrected chi connectivity index (χ4v) is 1.03. The van der Waals surface area contributed by atoms with Crippen molar-refractivity contribution in [1.29, 1.82) is 0 Å². The van der Waals surface area contributed by atoms with E-state index in [-0.39, 0.29) is 0 Å². The van der Waals surface area contributed by atoms with Gasteiger partial charge in [-0.15, -0.1) is 0 Å². The minimum absolute atomic E-state index is 0.740. The first-order chi connectivity index (χ1) is 6.33. The molecule has 0 aliphatic heterocycles. The van der Waals surface area contributed by atoms with Crippen LogP contribution in [0.3, 0.4) is 0 Å². The lowest BCUT2D eigenvalue weighted by Gasteiger charge is -2.09. The summed E-state index contributed by atoms with van der Waals surface area (Å²) in [5, 5.41) is 3.37. The standard InChI is InChI=1S/C10H17N3/c1-3-9(2)4-11-5-10-6-12-8-13-7-10/h6-9,11H,3-5H2,1-2H3. The van der Waals surface area contributed by atoms with Crippen molar-refractivity contribution in [3.05, 3.63) is 24.3 Å². The molecule has 1 rings (SSSR count). The van der Waals surface area contributed by atoms with Gasteiger partial charge in [0.15, 0.2) is 0 Å². The van der Waals surface area contributed by atoms with Crippen molar-refractivity contribution in [3.8, 4) is 0 Å². The Bertz CT molecular complexity index is 223. The number of hydrogen-bond acceptors (Lipinski definition) is 3. The number of aromatic nitrogens is 2. The van der Waals surface area contributed by atoms with E-state index in [4.69, 9.17) is 0 Å². The van der Waals surface area contributed by atoms with Gasteiger partial charge in [-0.1, -0.05) is 20.3 Å². The van der Waals surface area contributed by atoms with Gasteiger partial charge < -0.3 is 5.32 Å². The molecule has 1 aromatic rings. The molecule has 0 aliphatic rings. The molecule has 1 unspecified atom stereocenters. The van der Waals surface area contributed by atoms with Gasteiger partial charge in [-0.3, -0.25) is 0 Å². The number of nitrogens with one attached hydrogen (secondary N) is 1. The summed E-state index contributed by atoms with van der Waals surface area (Å²) in [4.78, 5) is 7.90. The zero-order valence-electron chi connectivity index (χ0n) is 8.33. The first-order valence-electron chi connectivity index (χ1n) is 4.77. The predicted molar refractivity (Wildman–Crippen MR) is 53.2 cm³/mol. The van der Waals surface area contributed by atoms with Gasteiger partial charge in [0.2, 0.25) is 0 Å². The Hall–Kier alpha value is -0.960. The van der Waals surface area contributed by atoms with Gasteiger partial charge in [0.05, 0.1) is 0 Å². The van der Waals surface area contributed by atoms with Crippen LogP contribution in [-0.4, -0.2) is 16.5 Å². The summed E-state index contributed by atoms with van der Waals surface area (Å²) in [7, 11) is 0. The van der Waals surface area contributed by atoms with E-state index in [9.17, 15) is 0 Å². The lowest BCUT2D eigenvalue weighted by Crippen LogP contribution is -2.20. The molecule has 72 valence electrons. The fourth-order valence-electron chi connectivity index (χ4n) is 1.03. The molecule has 0 amide bonds. The molecule has 0 saturated carbocycles. The number of nitrogens with zero attached hydrogens (tertiary/aromatic N) is 2. The Balaban J connectivity index is 2.20. The van der Waals surface area contributed by atoms with Crippen molar-refractivity contribution in [1.82, 2.24) is 15.3 Å². The highest BCUT2D eigenvalue weighted by atomic mass is 14.9. The Morgan fingerprint density at radius 3 is 2.69 bits per heavy atom. The van der Waals surface area contributed by atoms with Crippen LogP contribution in [0.15, 0.2) is 18.7 Å². The first kappa shape index (κ1) is 10.1. The van der Waals surface area contributed by atoms with Crippen LogP contribution in [0.2, 0.25) is 0 Å². The molecule has 0 bridgehead atoms. The molecular formula is C10H17N3. The molecule has 3 heteroatoms. The normalized spacial score (nSPS) is 12.8. The van der Waals surface area contributed by atoms with Gasteiger partial charge in [0.1, 0.15) is 6.33 Å². The third-order valence-corrected chi connectivity index (χ3v) is 2.13. The second-order valence-electron chi connectivity index (χ2n) is 3.39. The average molecular weight is 179 g/mol. The third-order valence-electron chi connectivity index (χ3n) is 2.13. The lowest BCUT2D eigenvalue weighted by atomic mass is 10.1. The van der Waals surface area contributed by atoms with Crippen molar-refractivity contribution in [2.24, 2.45) is 5.92 Å². The maximum absolute atomic E-state index is 3.95. The van der Waals surface area contributed by atoms with Gasteiger partial charge in [-0.2, -0.15) is 0 Å². The Kier molecular flexibility index (Phi) is 4.40. The first-order valence-corrected chi connectivity index (χ1v) is 4.77. The Labute approximate surface area is 79.6 Å². The highest BCUT2D eigenvalue weighted by molar-refractivity contribution is 5.01. The average Bonchev–Trinajstić information content (AvgIpc) is 2.19. The fraction of sp³-hybridized carbons (Fsp3) is 0.600. The summed E-state index contributed by atoms with van der Waals surface area (Å²) >= 11 is 0. The van der Waals surface area contributed by atoms with Gasteiger partial charge in [0, 0.05) is 24.5 Å². The van der Waals surface area contributed by atoms with Gasteiger partial charge in [-0.25, -0.2) is 9.97 Å². The van der Waals surface area contributed by atoms with Crippen molar-refractivity contribution in [3.63, 3.8) is 0 Å². The molecule has 13 heavy (non-hydrogen) atoms. The topological polar surface area (TPSA) is 37.8 Å². The summed E-state index contributed by atoms with van der Waals surface area (Å²) in [6.07, 6.45) is 6.46. The zero-order valence-corrected chi connectivity index (χ0v) is 8.33. The summed E-state index contributed by atoms with van der Waals surface area (Å²) in [5.74, 6) is 0.740. The molecule has 0 aromatic carbocycles. The Morgan fingerprint density at radius 1 is 1.38 bits per heavy atom. The molecule has 0 radical (unpaired) electrons. The minimum atomic E-state index is 0.740. The quantitative estimate of drug-likeness (QED) is 0.746. The highest BCUT2D eigenvalue weighted by Gasteiger charge is 1.97. The Morgan fingerprint density at radius 2 is 2.08 bits per heavy atom. The van der Waals surface area contributed by atoms with Crippen molar-refractivity contribution in [2.75, 3.05) is 6.54 Å². The van der Waals surface area contributed by atoms with E-state index >= 15 is 0 Å². The second kappa shape index (κ2) is 5.65. The molecular weight excluding hydrogens is 162 g/mol. The minimum Gasteiger partial charge on any atom is -0.312 e. The molecule has 0 saturated heterocycles. The highest BCUT2D eigenvalue weighted by Crippen LogP contribution is 1.98. The molecule has 1 heterocycles. The second-order valence-corrected chi connectivity index (χ2v) is 3.39. The van der Waals surface area contributed by atoms with Crippen LogP contribution in [0.1, 0.15) is 25.8 Å². The van der Waals surface area contributed by atoms with Gasteiger partial charge in [-0.05, 0) is 12.5 Å². The molecule has 1 aromatic heterocycles. The third kappa shape index (κ3) is 3.99. The summed E-state index contributed by atoms with van der Waals surface area (Å²) in [6.45, 7) is 6.38. The number of rotatable bonds is 5. The van der Waals surface area contributed by atoms with Crippen molar-refractivity contribution < 1.29 is 0 Å². The zero-order chi connectivity index (χ0) is 9.52. The maximum Gasteiger partial charge on any atom is 0.115 e. The van der Waals surface area contributed by atoms with Crippen LogP contribution >= 0.6 is 0 Å². The predicted octanol–water partition coefficient (Wildman–Crippen LogP) is 1.61. The molecule has 3 nitrogen and oxygen atoms in total. The van der Waals surface area contributed by atoms with Crippen LogP contribution in [-0.2, 0) is 6.54 Å². The number of hydrogen-bond donors (Lipinski definition) is 1. The van der Waals surface area contributed by atoms with Crippen LogP contribution in [0.25, 0.3) is 0 Å². The molecule has 1 atom stereocenters. The summed E-state index contributed by atoms with van der Waals surface area (Å²) in [6, 6.07) is 0. The van der Waals surface area contributed by atoms with E-state index in [1.54, 1.807) is 6.33 Å². The van der Waals surface area contributed by atoms with Crippen molar-refractivity contribution >= 4 is 0 Å². The van der Waals surface area contributed by atoms with E-state index < -0.39 is 0 Å². The monoisotopic (exact) mass is 179 g/mol.